The summed E-state index contributed by atoms with van der Waals surface area (Å²) in [7, 11) is 0. The molecule has 3 fully saturated rings. The number of nitrogens with zero attached hydrogens (tertiary/aromatic N) is 2. The minimum Gasteiger partial charge on any atom is -0.405 e. The van der Waals surface area contributed by atoms with E-state index in [4.69, 9.17) is 4.74 Å². The second kappa shape index (κ2) is 8.83. The Morgan fingerprint density at radius 2 is 1.76 bits per heavy atom. The monoisotopic (exact) mass is 475 g/mol. The molecule has 5 rings (SSSR count). The van der Waals surface area contributed by atoms with Gasteiger partial charge in [0, 0.05) is 37.7 Å². The number of urea groups is 1. The number of hydrogen-bond acceptors (Lipinski definition) is 4. The fourth-order valence-electron chi connectivity index (χ4n) is 4.77. The normalized spacial score (nSPS) is 23.1. The Morgan fingerprint density at radius 1 is 1.03 bits per heavy atom. The molecule has 10 heteroatoms. The van der Waals surface area contributed by atoms with Crippen LogP contribution in [0.25, 0.3) is 11.1 Å². The lowest BCUT2D eigenvalue weighted by atomic mass is 9.90. The molecule has 2 aromatic carbocycles. The quantitative estimate of drug-likeness (QED) is 0.739. The van der Waals surface area contributed by atoms with Gasteiger partial charge in [-0.15, -0.1) is 13.2 Å². The third-order valence-electron chi connectivity index (χ3n) is 6.55. The second-order valence-corrected chi connectivity index (χ2v) is 8.81. The zero-order chi connectivity index (χ0) is 23.9. The van der Waals surface area contributed by atoms with Crippen molar-refractivity contribution in [1.82, 2.24) is 15.1 Å². The van der Waals surface area contributed by atoms with E-state index in [1.165, 1.54) is 12.1 Å². The number of likely N-dealkylation sites (tertiary alicyclic amines) is 2. The van der Waals surface area contributed by atoms with Gasteiger partial charge < -0.3 is 24.6 Å². The Labute approximate surface area is 194 Å². The standard InChI is InChI=1S/C24H24F3N3O4/c25-24(26,27)34-20-4-2-1-3-18(20)16-7-5-15(6-8-16)17-11-30(12-17)23(32)29-10-9-21-19(13-29)28-22(31)14-33-21/h1-8,17,19,21H,9-14H2,(H,28,31). The van der Waals surface area contributed by atoms with Crippen molar-refractivity contribution >= 4 is 11.9 Å². The number of carbonyl (C=O) groups excluding carboxylic acids is 2. The molecule has 0 spiro atoms. The first kappa shape index (κ1) is 22.5. The van der Waals surface area contributed by atoms with Crippen LogP contribution in [0.2, 0.25) is 0 Å². The highest BCUT2D eigenvalue weighted by molar-refractivity contribution is 5.79. The number of halogens is 3. The van der Waals surface area contributed by atoms with Gasteiger partial charge in [0.25, 0.3) is 0 Å². The van der Waals surface area contributed by atoms with Gasteiger partial charge in [-0.25, -0.2) is 4.79 Å². The fourth-order valence-corrected chi connectivity index (χ4v) is 4.77. The largest absolute Gasteiger partial charge is 0.573 e. The number of fused-ring (bicyclic) bond motifs is 1. The van der Waals surface area contributed by atoms with Crippen LogP contribution in [-0.4, -0.2) is 73.0 Å². The van der Waals surface area contributed by atoms with Crippen LogP contribution < -0.4 is 10.1 Å². The van der Waals surface area contributed by atoms with Crippen molar-refractivity contribution in [3.63, 3.8) is 0 Å². The van der Waals surface area contributed by atoms with Gasteiger partial charge in [-0.2, -0.15) is 0 Å². The Hall–Kier alpha value is -3.27. The van der Waals surface area contributed by atoms with Crippen LogP contribution >= 0.6 is 0 Å². The number of carbonyl (C=O) groups is 2. The first-order chi connectivity index (χ1) is 16.3. The van der Waals surface area contributed by atoms with Gasteiger partial charge in [0.2, 0.25) is 5.91 Å². The number of rotatable bonds is 3. The van der Waals surface area contributed by atoms with E-state index < -0.39 is 6.36 Å². The second-order valence-electron chi connectivity index (χ2n) is 8.81. The average molecular weight is 475 g/mol. The van der Waals surface area contributed by atoms with Gasteiger partial charge >= 0.3 is 12.4 Å². The lowest BCUT2D eigenvalue weighted by molar-refractivity contribution is -0.274. The Balaban J connectivity index is 1.19. The molecule has 2 atom stereocenters. The molecule has 3 aliphatic heterocycles. The van der Waals surface area contributed by atoms with E-state index in [0.717, 1.165) is 5.56 Å². The molecule has 0 radical (unpaired) electrons. The maximum Gasteiger partial charge on any atom is 0.573 e. The van der Waals surface area contributed by atoms with Crippen molar-refractivity contribution in [1.29, 1.82) is 0 Å². The van der Waals surface area contributed by atoms with Crippen LogP contribution in [0.3, 0.4) is 0 Å². The van der Waals surface area contributed by atoms with Gasteiger partial charge in [-0.1, -0.05) is 42.5 Å². The summed E-state index contributed by atoms with van der Waals surface area (Å²) in [5, 5.41) is 2.90. The van der Waals surface area contributed by atoms with Crippen LogP contribution in [0.5, 0.6) is 5.75 Å². The van der Waals surface area contributed by atoms with Gasteiger partial charge in [0.15, 0.2) is 0 Å². The molecule has 3 amide bonds. The van der Waals surface area contributed by atoms with Gasteiger partial charge in [-0.05, 0) is 23.6 Å². The highest BCUT2D eigenvalue weighted by atomic mass is 19.4. The smallest absolute Gasteiger partial charge is 0.405 e. The van der Waals surface area contributed by atoms with Crippen LogP contribution in [0, 0.1) is 0 Å². The Bertz CT molecular complexity index is 1070. The molecular formula is C24H24F3N3O4. The maximum absolute atomic E-state index is 12.9. The predicted molar refractivity (Wildman–Crippen MR) is 116 cm³/mol. The number of morpholine rings is 1. The SMILES string of the molecule is O=C1COC2CCN(C(=O)N3CC(c4ccc(-c5ccccc5OC(F)(F)F)cc4)C3)CC2N1. The Morgan fingerprint density at radius 3 is 2.50 bits per heavy atom. The first-order valence-corrected chi connectivity index (χ1v) is 11.2. The lowest BCUT2D eigenvalue weighted by Gasteiger charge is -2.46. The van der Waals surface area contributed by atoms with Crippen molar-refractivity contribution in [2.24, 2.45) is 0 Å². The fraction of sp³-hybridized carbons (Fsp3) is 0.417. The lowest BCUT2D eigenvalue weighted by Crippen LogP contribution is -2.63. The van der Waals surface area contributed by atoms with Gasteiger partial charge in [-0.3, -0.25) is 4.79 Å². The summed E-state index contributed by atoms with van der Waals surface area (Å²) >= 11 is 0. The number of hydrogen-bond donors (Lipinski definition) is 1. The van der Waals surface area contributed by atoms with Crippen molar-refractivity contribution in [2.45, 2.75) is 30.8 Å². The molecule has 1 N–H and O–H groups in total. The minimum atomic E-state index is -4.76. The van der Waals surface area contributed by atoms with Crippen molar-refractivity contribution in [3.05, 3.63) is 54.1 Å². The summed E-state index contributed by atoms with van der Waals surface area (Å²) < 4.78 is 47.8. The molecular weight excluding hydrogens is 451 g/mol. The Kier molecular flexibility index (Phi) is 5.85. The molecule has 7 nitrogen and oxygen atoms in total. The summed E-state index contributed by atoms with van der Waals surface area (Å²) in [5.74, 6) is -0.239. The number of benzene rings is 2. The molecule has 3 heterocycles. The van der Waals surface area contributed by atoms with Crippen LogP contribution in [0.4, 0.5) is 18.0 Å². The highest BCUT2D eigenvalue weighted by Gasteiger charge is 2.40. The van der Waals surface area contributed by atoms with E-state index in [2.05, 4.69) is 10.1 Å². The number of ether oxygens (including phenoxy) is 2. The third kappa shape index (κ3) is 4.68. The van der Waals surface area contributed by atoms with E-state index in [0.29, 0.717) is 43.7 Å². The molecule has 0 aromatic heterocycles. The topological polar surface area (TPSA) is 71.1 Å². The number of amides is 3. The molecule has 3 aliphatic rings. The zero-order valence-electron chi connectivity index (χ0n) is 18.3. The van der Waals surface area contributed by atoms with Gasteiger partial charge in [0.05, 0.1) is 12.1 Å². The number of alkyl halides is 3. The molecule has 0 bridgehead atoms. The summed E-state index contributed by atoms with van der Waals surface area (Å²) in [6.07, 6.45) is -4.12. The molecule has 34 heavy (non-hydrogen) atoms. The average Bonchev–Trinajstić information content (AvgIpc) is 2.77. The maximum atomic E-state index is 12.9. The van der Waals surface area contributed by atoms with Crippen molar-refractivity contribution in [3.8, 4) is 16.9 Å². The molecule has 0 saturated carbocycles. The summed E-state index contributed by atoms with van der Waals surface area (Å²) in [5.41, 5.74) is 2.00. The minimum absolute atomic E-state index is 0.0453. The van der Waals surface area contributed by atoms with E-state index >= 15 is 0 Å². The van der Waals surface area contributed by atoms with Crippen LogP contribution in [-0.2, 0) is 9.53 Å². The molecule has 2 aromatic rings. The molecule has 2 unspecified atom stereocenters. The summed E-state index contributed by atoms with van der Waals surface area (Å²) in [6.45, 7) is 2.23. The van der Waals surface area contributed by atoms with Crippen LogP contribution in [0.15, 0.2) is 48.5 Å². The van der Waals surface area contributed by atoms with Gasteiger partial charge in [0.1, 0.15) is 12.4 Å². The van der Waals surface area contributed by atoms with E-state index in [1.807, 2.05) is 12.1 Å². The third-order valence-corrected chi connectivity index (χ3v) is 6.55. The molecule has 3 saturated heterocycles. The number of para-hydroxylation sites is 1. The number of piperidine rings is 1. The van der Waals surface area contributed by atoms with E-state index in [-0.39, 0.29) is 42.4 Å². The summed E-state index contributed by atoms with van der Waals surface area (Å²) in [6, 6.07) is 13.1. The van der Waals surface area contributed by atoms with E-state index in [9.17, 15) is 22.8 Å². The number of nitrogens with one attached hydrogen (secondary N) is 1. The first-order valence-electron chi connectivity index (χ1n) is 11.2. The van der Waals surface area contributed by atoms with Crippen molar-refractivity contribution < 1.29 is 32.2 Å². The highest BCUT2D eigenvalue weighted by Crippen LogP contribution is 2.35. The van der Waals surface area contributed by atoms with Crippen LogP contribution in [0.1, 0.15) is 17.9 Å². The summed E-state index contributed by atoms with van der Waals surface area (Å²) in [4.78, 5) is 28.0. The molecule has 180 valence electrons. The van der Waals surface area contributed by atoms with E-state index in [1.54, 1.807) is 34.1 Å². The molecule has 0 aliphatic carbocycles. The zero-order valence-corrected chi connectivity index (χ0v) is 18.3. The predicted octanol–water partition coefficient (Wildman–Crippen LogP) is 3.36. The van der Waals surface area contributed by atoms with Crippen molar-refractivity contribution in [2.75, 3.05) is 32.8 Å².